The van der Waals surface area contributed by atoms with Gasteiger partial charge in [0.2, 0.25) is 5.91 Å². The maximum absolute atomic E-state index is 11.9. The lowest BCUT2D eigenvalue weighted by molar-refractivity contribution is -0.137. The SMILES string of the molecule is CCOC(=O)/C(Br)=C/c1ccccc1N1CCCC1=O. The Labute approximate surface area is 126 Å². The molecule has 1 aliphatic rings. The monoisotopic (exact) mass is 337 g/mol. The number of nitrogens with zero attached hydrogens (tertiary/aromatic N) is 1. The number of esters is 1. The van der Waals surface area contributed by atoms with E-state index in [1.54, 1.807) is 17.9 Å². The first-order valence-electron chi connectivity index (χ1n) is 6.57. The molecular formula is C15H16BrNO3. The molecule has 5 heteroatoms. The quantitative estimate of drug-likeness (QED) is 0.626. The minimum Gasteiger partial charge on any atom is -0.462 e. The van der Waals surface area contributed by atoms with Gasteiger partial charge in [0, 0.05) is 13.0 Å². The Kier molecular flexibility index (Phi) is 4.95. The predicted molar refractivity (Wildman–Crippen MR) is 81.6 cm³/mol. The minimum atomic E-state index is -0.407. The van der Waals surface area contributed by atoms with E-state index >= 15 is 0 Å². The molecule has 0 atom stereocenters. The van der Waals surface area contributed by atoms with E-state index in [-0.39, 0.29) is 5.91 Å². The van der Waals surface area contributed by atoms with Crippen molar-refractivity contribution in [2.45, 2.75) is 19.8 Å². The van der Waals surface area contributed by atoms with Crippen LogP contribution in [0.5, 0.6) is 0 Å². The highest BCUT2D eigenvalue weighted by Gasteiger charge is 2.23. The van der Waals surface area contributed by atoms with Crippen LogP contribution in [0.3, 0.4) is 0 Å². The first-order valence-corrected chi connectivity index (χ1v) is 7.36. The van der Waals surface area contributed by atoms with Gasteiger partial charge in [0.15, 0.2) is 0 Å². The van der Waals surface area contributed by atoms with Gasteiger partial charge >= 0.3 is 5.97 Å². The fourth-order valence-electron chi connectivity index (χ4n) is 2.15. The maximum Gasteiger partial charge on any atom is 0.345 e. The standard InChI is InChI=1S/C15H16BrNO3/c1-2-20-15(19)12(16)10-11-6-3-4-7-13(11)17-9-5-8-14(17)18/h3-4,6-7,10H,2,5,8-9H2,1H3/b12-10-. The Morgan fingerprint density at radius 3 is 2.85 bits per heavy atom. The second kappa shape index (κ2) is 6.70. The van der Waals surface area contributed by atoms with Crippen LogP contribution < -0.4 is 4.90 Å². The molecule has 0 aromatic heterocycles. The number of carbonyl (C=O) groups excluding carboxylic acids is 2. The number of rotatable bonds is 4. The average molecular weight is 338 g/mol. The van der Waals surface area contributed by atoms with E-state index in [0.717, 1.165) is 24.2 Å². The summed E-state index contributed by atoms with van der Waals surface area (Å²) in [5.74, 6) is -0.284. The summed E-state index contributed by atoms with van der Waals surface area (Å²) < 4.78 is 5.27. The van der Waals surface area contributed by atoms with Gasteiger partial charge in [0.05, 0.1) is 12.3 Å². The lowest BCUT2D eigenvalue weighted by atomic mass is 10.1. The van der Waals surface area contributed by atoms with Crippen molar-refractivity contribution in [3.8, 4) is 0 Å². The van der Waals surface area contributed by atoms with Crippen molar-refractivity contribution < 1.29 is 14.3 Å². The third kappa shape index (κ3) is 3.28. The van der Waals surface area contributed by atoms with Gasteiger partial charge < -0.3 is 9.64 Å². The molecule has 0 unspecified atom stereocenters. The van der Waals surface area contributed by atoms with Gasteiger partial charge in [-0.1, -0.05) is 18.2 Å². The fraction of sp³-hybridized carbons (Fsp3) is 0.333. The van der Waals surface area contributed by atoms with E-state index in [4.69, 9.17) is 4.74 Å². The molecule has 1 aliphatic heterocycles. The average Bonchev–Trinajstić information content (AvgIpc) is 2.86. The van der Waals surface area contributed by atoms with Gasteiger partial charge in [-0.2, -0.15) is 0 Å². The molecule has 0 N–H and O–H groups in total. The molecule has 1 aromatic carbocycles. The molecule has 0 saturated carbocycles. The second-order valence-electron chi connectivity index (χ2n) is 4.42. The third-order valence-electron chi connectivity index (χ3n) is 3.05. The van der Waals surface area contributed by atoms with Crippen LogP contribution >= 0.6 is 15.9 Å². The summed E-state index contributed by atoms with van der Waals surface area (Å²) in [6.45, 7) is 2.81. The van der Waals surface area contributed by atoms with Crippen molar-refractivity contribution in [3.05, 3.63) is 34.3 Å². The summed E-state index contributed by atoms with van der Waals surface area (Å²) in [7, 11) is 0. The number of anilines is 1. The molecule has 20 heavy (non-hydrogen) atoms. The number of hydrogen-bond acceptors (Lipinski definition) is 3. The molecule has 1 heterocycles. The fourth-order valence-corrected chi connectivity index (χ4v) is 2.51. The Morgan fingerprint density at radius 1 is 1.45 bits per heavy atom. The molecule has 0 spiro atoms. The maximum atomic E-state index is 11.9. The van der Waals surface area contributed by atoms with Gasteiger partial charge in [0.1, 0.15) is 4.48 Å². The number of hydrogen-bond donors (Lipinski definition) is 0. The smallest absolute Gasteiger partial charge is 0.345 e. The number of halogens is 1. The molecule has 106 valence electrons. The molecule has 1 amide bonds. The van der Waals surface area contributed by atoms with Crippen molar-refractivity contribution in [2.75, 3.05) is 18.1 Å². The van der Waals surface area contributed by atoms with Gasteiger partial charge in [-0.25, -0.2) is 4.79 Å². The van der Waals surface area contributed by atoms with E-state index in [1.165, 1.54) is 0 Å². The normalized spacial score (nSPS) is 15.6. The Bertz CT molecular complexity index is 554. The molecule has 0 radical (unpaired) electrons. The van der Waals surface area contributed by atoms with Crippen molar-refractivity contribution in [1.29, 1.82) is 0 Å². The summed E-state index contributed by atoms with van der Waals surface area (Å²) in [6.07, 6.45) is 3.14. The lowest BCUT2D eigenvalue weighted by Crippen LogP contribution is -2.24. The Balaban J connectivity index is 2.30. The van der Waals surface area contributed by atoms with E-state index in [0.29, 0.717) is 17.5 Å². The van der Waals surface area contributed by atoms with Gasteiger partial charge in [-0.15, -0.1) is 0 Å². The summed E-state index contributed by atoms with van der Waals surface area (Å²) >= 11 is 3.22. The lowest BCUT2D eigenvalue weighted by Gasteiger charge is -2.18. The molecule has 1 saturated heterocycles. The number of carbonyl (C=O) groups is 2. The minimum absolute atomic E-state index is 0.123. The third-order valence-corrected chi connectivity index (χ3v) is 3.61. The Morgan fingerprint density at radius 2 is 2.20 bits per heavy atom. The van der Waals surface area contributed by atoms with E-state index in [2.05, 4.69) is 15.9 Å². The summed E-state index contributed by atoms with van der Waals surface area (Å²) in [4.78, 5) is 25.2. The van der Waals surface area contributed by atoms with Crippen molar-refractivity contribution in [1.82, 2.24) is 0 Å². The Hall–Kier alpha value is -1.62. The highest BCUT2D eigenvalue weighted by Crippen LogP contribution is 2.28. The summed E-state index contributed by atoms with van der Waals surface area (Å²) in [5, 5.41) is 0. The largest absolute Gasteiger partial charge is 0.462 e. The van der Waals surface area contributed by atoms with E-state index < -0.39 is 5.97 Å². The van der Waals surface area contributed by atoms with Crippen LogP contribution in [0.25, 0.3) is 6.08 Å². The summed E-state index contributed by atoms with van der Waals surface area (Å²) in [5.41, 5.74) is 1.65. The van der Waals surface area contributed by atoms with Crippen LogP contribution in [0.2, 0.25) is 0 Å². The molecule has 1 aromatic rings. The van der Waals surface area contributed by atoms with Gasteiger partial charge in [-0.05, 0) is 47.0 Å². The van der Waals surface area contributed by atoms with Crippen molar-refractivity contribution in [2.24, 2.45) is 0 Å². The zero-order valence-electron chi connectivity index (χ0n) is 11.3. The highest BCUT2D eigenvalue weighted by molar-refractivity contribution is 9.12. The van der Waals surface area contributed by atoms with Gasteiger partial charge in [-0.3, -0.25) is 4.79 Å². The van der Waals surface area contributed by atoms with Crippen LogP contribution in [0.15, 0.2) is 28.7 Å². The number of amides is 1. The van der Waals surface area contributed by atoms with Gasteiger partial charge in [0.25, 0.3) is 0 Å². The number of ether oxygens (including phenoxy) is 1. The van der Waals surface area contributed by atoms with Crippen molar-refractivity contribution in [3.63, 3.8) is 0 Å². The molecule has 0 aliphatic carbocycles. The molecule has 1 fully saturated rings. The molecule has 4 nitrogen and oxygen atoms in total. The number of para-hydroxylation sites is 1. The highest BCUT2D eigenvalue weighted by atomic mass is 79.9. The van der Waals surface area contributed by atoms with E-state index in [1.807, 2.05) is 24.3 Å². The summed E-state index contributed by atoms with van der Waals surface area (Å²) in [6, 6.07) is 7.53. The second-order valence-corrected chi connectivity index (χ2v) is 5.27. The van der Waals surface area contributed by atoms with Crippen LogP contribution in [0, 0.1) is 0 Å². The number of benzene rings is 1. The first-order chi connectivity index (χ1) is 9.63. The van der Waals surface area contributed by atoms with Crippen LogP contribution in [-0.4, -0.2) is 25.0 Å². The zero-order valence-corrected chi connectivity index (χ0v) is 12.9. The predicted octanol–water partition coefficient (Wildman–Crippen LogP) is 3.11. The van der Waals surface area contributed by atoms with Crippen LogP contribution in [0.1, 0.15) is 25.3 Å². The van der Waals surface area contributed by atoms with Crippen molar-refractivity contribution >= 4 is 39.6 Å². The van der Waals surface area contributed by atoms with E-state index in [9.17, 15) is 9.59 Å². The van der Waals surface area contributed by atoms with Crippen LogP contribution in [-0.2, 0) is 14.3 Å². The zero-order chi connectivity index (χ0) is 14.5. The molecular weight excluding hydrogens is 322 g/mol. The topological polar surface area (TPSA) is 46.6 Å². The first kappa shape index (κ1) is 14.8. The van der Waals surface area contributed by atoms with Crippen LogP contribution in [0.4, 0.5) is 5.69 Å². The molecule has 0 bridgehead atoms. The molecule has 2 rings (SSSR count).